The number of anilines is 1. The van der Waals surface area contributed by atoms with Gasteiger partial charge in [0.1, 0.15) is 0 Å². The van der Waals surface area contributed by atoms with Crippen LogP contribution < -0.4 is 5.73 Å². The van der Waals surface area contributed by atoms with Gasteiger partial charge < -0.3 is 5.73 Å². The summed E-state index contributed by atoms with van der Waals surface area (Å²) in [6.45, 7) is 2.06. The average molecular weight is 358 g/mol. The molecular weight excluding hydrogens is 347 g/mol. The molecule has 6 heteroatoms. The Morgan fingerprint density at radius 2 is 2.00 bits per heavy atom. The molecule has 0 saturated heterocycles. The minimum absolute atomic E-state index is 0.261. The summed E-state index contributed by atoms with van der Waals surface area (Å²) in [5.41, 5.74) is 7.88. The first-order chi connectivity index (χ1) is 8.11. The highest BCUT2D eigenvalue weighted by Crippen LogP contribution is 2.26. The van der Waals surface area contributed by atoms with Gasteiger partial charge in [-0.05, 0) is 41.3 Å². The lowest BCUT2D eigenvalue weighted by molar-refractivity contribution is 0.926. The second kappa shape index (κ2) is 5.18. The van der Waals surface area contributed by atoms with E-state index in [1.54, 1.807) is 0 Å². The second-order valence-electron chi connectivity index (χ2n) is 3.44. The van der Waals surface area contributed by atoms with E-state index >= 15 is 0 Å². The summed E-state index contributed by atoms with van der Waals surface area (Å²) in [6, 6.07) is 6.05. The monoisotopic (exact) mass is 358 g/mol. The fraction of sp³-hybridized carbons (Fsp3) is 0.182. The molecule has 0 radical (unpaired) electrons. The van der Waals surface area contributed by atoms with Crippen LogP contribution in [0.1, 0.15) is 5.56 Å². The lowest BCUT2D eigenvalue weighted by Crippen LogP contribution is -2.02. The van der Waals surface area contributed by atoms with E-state index in [0.29, 0.717) is 11.0 Å². The van der Waals surface area contributed by atoms with E-state index in [0.717, 1.165) is 9.13 Å². The third kappa shape index (κ3) is 2.68. The normalized spacial score (nSPS) is 10.5. The molecule has 1 aromatic carbocycles. The summed E-state index contributed by atoms with van der Waals surface area (Å²) in [5.74, 6) is 0.895. The molecule has 0 bridgehead atoms. The number of aromatic nitrogens is 3. The number of thioether (sulfide) groups is 1. The number of hydrogen-bond donors (Lipinski definition) is 1. The predicted octanol–water partition coefficient (Wildman–Crippen LogP) is 2.76. The van der Waals surface area contributed by atoms with Gasteiger partial charge >= 0.3 is 0 Å². The third-order valence-corrected chi connectivity index (χ3v) is 4.23. The van der Waals surface area contributed by atoms with Gasteiger partial charge in [-0.25, -0.2) is 4.98 Å². The minimum Gasteiger partial charge on any atom is -0.368 e. The molecule has 0 saturated carbocycles. The smallest absolute Gasteiger partial charge is 0.224 e. The molecule has 88 valence electrons. The minimum atomic E-state index is 0.261. The van der Waals surface area contributed by atoms with Gasteiger partial charge in [0.15, 0.2) is 11.0 Å². The molecule has 1 aromatic heterocycles. The number of nitrogens with zero attached hydrogens (tertiary/aromatic N) is 3. The van der Waals surface area contributed by atoms with E-state index in [2.05, 4.69) is 50.5 Å². The lowest BCUT2D eigenvalue weighted by Gasteiger charge is -2.07. The molecule has 2 N–H and O–H groups in total. The molecule has 4 nitrogen and oxygen atoms in total. The lowest BCUT2D eigenvalue weighted by atomic mass is 10.1. The van der Waals surface area contributed by atoms with Crippen LogP contribution in [0.2, 0.25) is 0 Å². The van der Waals surface area contributed by atoms with E-state index in [4.69, 9.17) is 5.73 Å². The molecule has 17 heavy (non-hydrogen) atoms. The van der Waals surface area contributed by atoms with E-state index in [-0.39, 0.29) is 5.95 Å². The van der Waals surface area contributed by atoms with Crippen LogP contribution in [0.25, 0.3) is 11.4 Å². The topological polar surface area (TPSA) is 64.7 Å². The molecule has 0 aliphatic rings. The number of hydrogen-bond acceptors (Lipinski definition) is 5. The van der Waals surface area contributed by atoms with Gasteiger partial charge in [0.2, 0.25) is 5.95 Å². The SMILES string of the molecule is CSc1nc(N)nc(-c2cccc(C)c2I)n1. The maximum atomic E-state index is 5.68. The standard InChI is InChI=1S/C11H11IN4S/c1-6-4-3-5-7(8(6)12)9-14-10(13)16-11(15-9)17-2/h3-5H,1-2H3,(H2,13,14,15,16). The van der Waals surface area contributed by atoms with Crippen molar-refractivity contribution in [3.63, 3.8) is 0 Å². The van der Waals surface area contributed by atoms with Crippen LogP contribution in [0.5, 0.6) is 0 Å². The van der Waals surface area contributed by atoms with Crippen LogP contribution in [0, 0.1) is 10.5 Å². The Morgan fingerprint density at radius 1 is 1.24 bits per heavy atom. The van der Waals surface area contributed by atoms with Gasteiger partial charge in [-0.3, -0.25) is 0 Å². The molecular formula is C11H11IN4S. The van der Waals surface area contributed by atoms with Gasteiger partial charge in [0.05, 0.1) is 0 Å². The van der Waals surface area contributed by atoms with Crippen molar-refractivity contribution < 1.29 is 0 Å². The zero-order valence-corrected chi connectivity index (χ0v) is 12.4. The van der Waals surface area contributed by atoms with Crippen LogP contribution in [0.4, 0.5) is 5.95 Å². The highest BCUT2D eigenvalue weighted by atomic mass is 127. The van der Waals surface area contributed by atoms with Crippen LogP contribution in [-0.2, 0) is 0 Å². The summed E-state index contributed by atoms with van der Waals surface area (Å²) in [6.07, 6.45) is 1.92. The van der Waals surface area contributed by atoms with Crippen LogP contribution >= 0.6 is 34.4 Å². The van der Waals surface area contributed by atoms with E-state index in [1.807, 2.05) is 18.4 Å². The van der Waals surface area contributed by atoms with Crippen LogP contribution in [0.3, 0.4) is 0 Å². The Hall–Kier alpha value is -0.890. The highest BCUT2D eigenvalue weighted by molar-refractivity contribution is 14.1. The zero-order valence-electron chi connectivity index (χ0n) is 9.44. The van der Waals surface area contributed by atoms with Crippen molar-refractivity contribution in [1.29, 1.82) is 0 Å². The summed E-state index contributed by atoms with van der Waals surface area (Å²) >= 11 is 3.75. The van der Waals surface area contributed by atoms with Gasteiger partial charge in [0, 0.05) is 9.13 Å². The molecule has 0 aliphatic carbocycles. The maximum absolute atomic E-state index is 5.68. The predicted molar refractivity (Wildman–Crippen MR) is 78.9 cm³/mol. The summed E-state index contributed by atoms with van der Waals surface area (Å²) < 4.78 is 1.14. The van der Waals surface area contributed by atoms with Gasteiger partial charge in [0.25, 0.3) is 0 Å². The third-order valence-electron chi connectivity index (χ3n) is 2.25. The van der Waals surface area contributed by atoms with Crippen molar-refractivity contribution >= 4 is 40.3 Å². The van der Waals surface area contributed by atoms with Crippen molar-refractivity contribution in [2.24, 2.45) is 0 Å². The van der Waals surface area contributed by atoms with E-state index in [9.17, 15) is 0 Å². The van der Waals surface area contributed by atoms with E-state index < -0.39 is 0 Å². The quantitative estimate of drug-likeness (QED) is 0.661. The summed E-state index contributed by atoms with van der Waals surface area (Å²) in [4.78, 5) is 12.6. The number of nitrogens with two attached hydrogens (primary N) is 1. The fourth-order valence-corrected chi connectivity index (χ4v) is 2.37. The van der Waals surface area contributed by atoms with E-state index in [1.165, 1.54) is 17.3 Å². The molecule has 0 fully saturated rings. The Labute approximate surface area is 118 Å². The number of nitrogen functional groups attached to an aromatic ring is 1. The Kier molecular flexibility index (Phi) is 3.82. The summed E-state index contributed by atoms with van der Waals surface area (Å²) in [5, 5.41) is 0.643. The first kappa shape index (κ1) is 12.6. The largest absolute Gasteiger partial charge is 0.368 e. The average Bonchev–Trinajstić information content (AvgIpc) is 2.31. The van der Waals surface area contributed by atoms with Crippen molar-refractivity contribution in [2.45, 2.75) is 12.1 Å². The molecule has 2 rings (SSSR count). The zero-order chi connectivity index (χ0) is 12.4. The Morgan fingerprint density at radius 3 is 2.71 bits per heavy atom. The highest BCUT2D eigenvalue weighted by Gasteiger charge is 2.10. The Balaban J connectivity index is 2.60. The number of halogens is 1. The van der Waals surface area contributed by atoms with Gasteiger partial charge in [-0.15, -0.1) is 0 Å². The van der Waals surface area contributed by atoms with Crippen molar-refractivity contribution in [3.8, 4) is 11.4 Å². The molecule has 0 atom stereocenters. The first-order valence-corrected chi connectivity index (χ1v) is 7.23. The van der Waals surface area contributed by atoms with Crippen molar-refractivity contribution in [3.05, 3.63) is 27.3 Å². The fourth-order valence-electron chi connectivity index (χ4n) is 1.40. The first-order valence-electron chi connectivity index (χ1n) is 4.93. The van der Waals surface area contributed by atoms with Gasteiger partial charge in [-0.1, -0.05) is 30.0 Å². The van der Waals surface area contributed by atoms with Crippen molar-refractivity contribution in [2.75, 3.05) is 12.0 Å². The molecule has 1 heterocycles. The molecule has 0 aliphatic heterocycles. The van der Waals surface area contributed by atoms with Crippen molar-refractivity contribution in [1.82, 2.24) is 15.0 Å². The maximum Gasteiger partial charge on any atom is 0.224 e. The summed E-state index contributed by atoms with van der Waals surface area (Å²) in [7, 11) is 0. The molecule has 2 aromatic rings. The van der Waals surface area contributed by atoms with Crippen LogP contribution in [-0.4, -0.2) is 21.2 Å². The Bertz CT molecular complexity index is 559. The second-order valence-corrected chi connectivity index (χ2v) is 5.29. The number of benzene rings is 1. The molecule has 0 unspecified atom stereocenters. The van der Waals surface area contributed by atoms with Crippen LogP contribution in [0.15, 0.2) is 23.4 Å². The molecule has 0 amide bonds. The molecule has 0 spiro atoms. The number of rotatable bonds is 2. The number of aryl methyl sites for hydroxylation is 1. The van der Waals surface area contributed by atoms with Gasteiger partial charge in [-0.2, -0.15) is 9.97 Å².